The Labute approximate surface area is 152 Å². The van der Waals surface area contributed by atoms with E-state index in [2.05, 4.69) is 28.1 Å². The highest BCUT2D eigenvalue weighted by Crippen LogP contribution is 2.21. The lowest BCUT2D eigenvalue weighted by molar-refractivity contribution is 0.0996. The first-order chi connectivity index (χ1) is 12.6. The highest BCUT2D eigenvalue weighted by atomic mass is 16.3. The van der Waals surface area contributed by atoms with E-state index >= 15 is 0 Å². The largest absolute Gasteiger partial charge is 0.459 e. The molecule has 0 aliphatic heterocycles. The van der Waals surface area contributed by atoms with E-state index in [0.717, 1.165) is 24.8 Å². The van der Waals surface area contributed by atoms with E-state index in [9.17, 15) is 9.59 Å². The molecular weight excluding hydrogens is 330 g/mol. The number of carbonyl (C=O) groups excluding carboxylic acids is 2. The van der Waals surface area contributed by atoms with E-state index in [1.54, 1.807) is 24.3 Å². The van der Waals surface area contributed by atoms with Gasteiger partial charge in [-0.25, -0.2) is 4.79 Å². The number of allylic oxidation sites excluding steroid dienone is 2. The molecule has 2 aromatic rings. The summed E-state index contributed by atoms with van der Waals surface area (Å²) in [7, 11) is 0. The van der Waals surface area contributed by atoms with Crippen molar-refractivity contribution >= 4 is 23.3 Å². The Morgan fingerprint density at radius 1 is 1.19 bits per heavy atom. The summed E-state index contributed by atoms with van der Waals surface area (Å²) in [5.74, 6) is 0.452. The fourth-order valence-corrected chi connectivity index (χ4v) is 2.93. The predicted molar refractivity (Wildman–Crippen MR) is 101 cm³/mol. The number of rotatable bonds is 5. The Hall–Kier alpha value is -3.02. The van der Waals surface area contributed by atoms with Gasteiger partial charge in [-0.1, -0.05) is 12.2 Å². The Morgan fingerprint density at radius 3 is 2.77 bits per heavy atom. The van der Waals surface area contributed by atoms with Gasteiger partial charge >= 0.3 is 6.03 Å². The van der Waals surface area contributed by atoms with Crippen molar-refractivity contribution in [2.45, 2.75) is 26.2 Å². The van der Waals surface area contributed by atoms with Gasteiger partial charge in [0.05, 0.1) is 6.26 Å². The SMILES string of the molecule is Cc1cc(NC(=O)NCC2CC=CCC2)ccc1NC(=O)c1ccco1. The molecule has 0 saturated heterocycles. The number of furan rings is 1. The molecule has 1 aromatic carbocycles. The quantitative estimate of drug-likeness (QED) is 0.700. The summed E-state index contributed by atoms with van der Waals surface area (Å²) in [6.07, 6.45) is 9.02. The second-order valence-electron chi connectivity index (χ2n) is 6.45. The molecule has 1 aromatic heterocycles. The standard InChI is InChI=1S/C20H23N3O3/c1-14-12-16(22-20(25)21-13-15-6-3-2-4-7-15)9-10-17(14)23-19(24)18-8-5-11-26-18/h2-3,5,8-12,15H,4,6-7,13H2,1H3,(H,23,24)(H2,21,22,25). The van der Waals surface area contributed by atoms with Crippen molar-refractivity contribution in [3.8, 4) is 0 Å². The normalized spacial score (nSPS) is 16.1. The maximum Gasteiger partial charge on any atom is 0.319 e. The Balaban J connectivity index is 1.52. The molecule has 3 N–H and O–H groups in total. The number of amides is 3. The maximum atomic E-state index is 12.1. The third kappa shape index (κ3) is 4.75. The van der Waals surface area contributed by atoms with Crippen LogP contribution in [0.1, 0.15) is 35.4 Å². The van der Waals surface area contributed by atoms with E-state index in [-0.39, 0.29) is 17.7 Å². The van der Waals surface area contributed by atoms with E-state index in [1.807, 2.05) is 13.0 Å². The van der Waals surface area contributed by atoms with E-state index in [0.29, 0.717) is 23.8 Å². The molecule has 1 heterocycles. The highest BCUT2D eigenvalue weighted by molar-refractivity contribution is 6.02. The fraction of sp³-hybridized carbons (Fsp3) is 0.300. The molecule has 26 heavy (non-hydrogen) atoms. The van der Waals surface area contributed by atoms with Crippen molar-refractivity contribution in [1.82, 2.24) is 5.32 Å². The molecule has 1 aliphatic carbocycles. The Kier molecular flexibility index (Phi) is 5.73. The van der Waals surface area contributed by atoms with Gasteiger partial charge in [-0.15, -0.1) is 0 Å². The summed E-state index contributed by atoms with van der Waals surface area (Å²) in [4.78, 5) is 24.1. The number of aryl methyl sites for hydroxylation is 1. The zero-order valence-electron chi connectivity index (χ0n) is 14.7. The number of urea groups is 1. The van der Waals surface area contributed by atoms with Crippen molar-refractivity contribution in [2.24, 2.45) is 5.92 Å². The number of hydrogen-bond donors (Lipinski definition) is 3. The molecule has 0 radical (unpaired) electrons. The molecule has 1 unspecified atom stereocenters. The van der Waals surface area contributed by atoms with Gasteiger partial charge in [-0.3, -0.25) is 4.79 Å². The summed E-state index contributed by atoms with van der Waals surface area (Å²) < 4.78 is 5.08. The minimum Gasteiger partial charge on any atom is -0.459 e. The van der Waals surface area contributed by atoms with Crippen LogP contribution in [-0.2, 0) is 0 Å². The van der Waals surface area contributed by atoms with E-state index in [1.165, 1.54) is 6.26 Å². The van der Waals surface area contributed by atoms with Crippen molar-refractivity contribution in [3.05, 3.63) is 60.1 Å². The number of carbonyl (C=O) groups is 2. The van der Waals surface area contributed by atoms with Gasteiger partial charge in [-0.2, -0.15) is 0 Å². The average molecular weight is 353 g/mol. The van der Waals surface area contributed by atoms with Gasteiger partial charge in [-0.05, 0) is 68.0 Å². The predicted octanol–water partition coefficient (Wildman–Crippen LogP) is 4.32. The van der Waals surface area contributed by atoms with Crippen molar-refractivity contribution in [2.75, 3.05) is 17.2 Å². The summed E-state index contributed by atoms with van der Waals surface area (Å²) in [5, 5.41) is 8.54. The summed E-state index contributed by atoms with van der Waals surface area (Å²) in [6, 6.07) is 8.39. The lowest BCUT2D eigenvalue weighted by Gasteiger charge is -2.18. The lowest BCUT2D eigenvalue weighted by atomic mass is 9.94. The zero-order valence-corrected chi connectivity index (χ0v) is 14.7. The molecule has 6 nitrogen and oxygen atoms in total. The monoisotopic (exact) mass is 353 g/mol. The molecule has 0 fully saturated rings. The lowest BCUT2D eigenvalue weighted by Crippen LogP contribution is -2.33. The second-order valence-corrected chi connectivity index (χ2v) is 6.45. The van der Waals surface area contributed by atoms with Crippen LogP contribution in [0, 0.1) is 12.8 Å². The summed E-state index contributed by atoms with van der Waals surface area (Å²) in [5.41, 5.74) is 2.20. The van der Waals surface area contributed by atoms with Crippen LogP contribution in [-0.4, -0.2) is 18.5 Å². The van der Waals surface area contributed by atoms with Gasteiger partial charge in [0.1, 0.15) is 0 Å². The molecule has 3 rings (SSSR count). The van der Waals surface area contributed by atoms with Crippen molar-refractivity contribution in [3.63, 3.8) is 0 Å². The first kappa shape index (κ1) is 17.8. The topological polar surface area (TPSA) is 83.4 Å². The minimum atomic E-state index is -0.307. The molecule has 0 bridgehead atoms. The summed E-state index contributed by atoms with van der Waals surface area (Å²) >= 11 is 0. The van der Waals surface area contributed by atoms with Gasteiger partial charge in [0, 0.05) is 17.9 Å². The Bertz CT molecular complexity index is 797. The Morgan fingerprint density at radius 2 is 2.08 bits per heavy atom. The molecule has 0 spiro atoms. The van der Waals surface area contributed by atoms with Crippen LogP contribution in [0.5, 0.6) is 0 Å². The van der Waals surface area contributed by atoms with Gasteiger partial charge in [0.15, 0.2) is 5.76 Å². The van der Waals surface area contributed by atoms with E-state index < -0.39 is 0 Å². The van der Waals surface area contributed by atoms with Crippen molar-refractivity contribution in [1.29, 1.82) is 0 Å². The van der Waals surface area contributed by atoms with Crippen LogP contribution in [0.4, 0.5) is 16.2 Å². The summed E-state index contributed by atoms with van der Waals surface area (Å²) in [6.45, 7) is 2.54. The first-order valence-electron chi connectivity index (χ1n) is 8.77. The third-order valence-corrected chi connectivity index (χ3v) is 4.41. The van der Waals surface area contributed by atoms with Gasteiger partial charge in [0.2, 0.25) is 0 Å². The van der Waals surface area contributed by atoms with Crippen molar-refractivity contribution < 1.29 is 14.0 Å². The molecule has 6 heteroatoms. The van der Waals surface area contributed by atoms with Crippen LogP contribution in [0.25, 0.3) is 0 Å². The second kappa shape index (κ2) is 8.38. The van der Waals surface area contributed by atoms with E-state index in [4.69, 9.17) is 4.42 Å². The molecule has 136 valence electrons. The number of nitrogens with one attached hydrogen (secondary N) is 3. The number of anilines is 2. The molecule has 1 atom stereocenters. The maximum absolute atomic E-state index is 12.1. The van der Waals surface area contributed by atoms with Gasteiger partial charge in [0.25, 0.3) is 5.91 Å². The fourth-order valence-electron chi connectivity index (χ4n) is 2.93. The number of hydrogen-bond acceptors (Lipinski definition) is 3. The number of benzene rings is 1. The third-order valence-electron chi connectivity index (χ3n) is 4.41. The minimum absolute atomic E-state index is 0.216. The average Bonchev–Trinajstić information content (AvgIpc) is 3.18. The van der Waals surface area contributed by atoms with Crippen LogP contribution >= 0.6 is 0 Å². The van der Waals surface area contributed by atoms with Crippen LogP contribution in [0.2, 0.25) is 0 Å². The van der Waals surface area contributed by atoms with Gasteiger partial charge < -0.3 is 20.4 Å². The highest BCUT2D eigenvalue weighted by Gasteiger charge is 2.13. The smallest absolute Gasteiger partial charge is 0.319 e. The first-order valence-corrected chi connectivity index (χ1v) is 8.77. The molecule has 3 amide bonds. The zero-order chi connectivity index (χ0) is 18.4. The molecule has 0 saturated carbocycles. The van der Waals surface area contributed by atoms with Crippen LogP contribution < -0.4 is 16.0 Å². The molecule has 1 aliphatic rings. The molecular formula is C20H23N3O3. The van der Waals surface area contributed by atoms with Crippen LogP contribution in [0.15, 0.2) is 53.2 Å². The van der Waals surface area contributed by atoms with Crippen LogP contribution in [0.3, 0.4) is 0 Å².